The van der Waals surface area contributed by atoms with Gasteiger partial charge in [-0.05, 0) is 45.7 Å². The van der Waals surface area contributed by atoms with E-state index in [1.807, 2.05) is 7.05 Å². The molecule has 0 bridgehead atoms. The lowest BCUT2D eigenvalue weighted by atomic mass is 9.99. The second-order valence-corrected chi connectivity index (χ2v) is 7.41. The fraction of sp³-hybridized carbons (Fsp3) is 0.750. The summed E-state index contributed by atoms with van der Waals surface area (Å²) in [5.41, 5.74) is 1.13. The molecule has 1 aliphatic heterocycles. The maximum Gasteiger partial charge on any atom is 0.191 e. The van der Waals surface area contributed by atoms with E-state index in [1.165, 1.54) is 30.8 Å². The minimum atomic E-state index is 0. The maximum atomic E-state index is 4.54. The monoisotopic (exact) mass is 451 g/mol. The number of aliphatic imine (C=N–C) groups is 1. The van der Waals surface area contributed by atoms with E-state index in [-0.39, 0.29) is 24.0 Å². The van der Waals surface area contributed by atoms with Crippen LogP contribution in [0.25, 0.3) is 0 Å². The zero-order chi connectivity index (χ0) is 15.9. The fourth-order valence-corrected chi connectivity index (χ4v) is 3.49. The van der Waals surface area contributed by atoms with Crippen LogP contribution in [0.5, 0.6) is 0 Å². The molecule has 1 saturated heterocycles. The van der Waals surface area contributed by atoms with Crippen molar-refractivity contribution in [2.45, 2.75) is 40.2 Å². The van der Waals surface area contributed by atoms with Crippen molar-refractivity contribution >= 4 is 41.3 Å². The van der Waals surface area contributed by atoms with E-state index >= 15 is 0 Å². The average molecular weight is 451 g/mol. The van der Waals surface area contributed by atoms with E-state index in [0.717, 1.165) is 42.2 Å². The van der Waals surface area contributed by atoms with Crippen molar-refractivity contribution in [2.75, 3.05) is 33.2 Å². The molecule has 2 rings (SSSR count). The quantitative estimate of drug-likeness (QED) is 0.411. The van der Waals surface area contributed by atoms with Crippen molar-refractivity contribution < 1.29 is 0 Å². The molecule has 2 N–H and O–H groups in total. The smallest absolute Gasteiger partial charge is 0.191 e. The highest BCUT2D eigenvalue weighted by Crippen LogP contribution is 2.16. The molecule has 7 heteroatoms. The maximum absolute atomic E-state index is 4.54. The number of likely N-dealkylation sites (tertiary alicyclic amines) is 1. The van der Waals surface area contributed by atoms with E-state index in [1.54, 1.807) is 11.3 Å². The summed E-state index contributed by atoms with van der Waals surface area (Å²) < 4.78 is 0. The predicted octanol–water partition coefficient (Wildman–Crippen LogP) is 2.77. The standard InChI is InChI=1S/C16H29N5S.HI/c1-12-5-8-21(9-6-12)10-7-18-16(17-4)19-11-15-20-13(2)14(3)22-15;/h12H,5-11H2,1-4H3,(H2,17,18,19);1H. The SMILES string of the molecule is CN=C(NCCN1CCC(C)CC1)NCc1nc(C)c(C)s1.I. The third kappa shape index (κ3) is 6.93. The molecule has 0 amide bonds. The lowest BCUT2D eigenvalue weighted by Crippen LogP contribution is -2.43. The highest BCUT2D eigenvalue weighted by molar-refractivity contribution is 14.0. The first-order valence-corrected chi connectivity index (χ1v) is 9.00. The van der Waals surface area contributed by atoms with E-state index in [4.69, 9.17) is 0 Å². The summed E-state index contributed by atoms with van der Waals surface area (Å²) in [5, 5.41) is 7.85. The molecule has 2 heterocycles. The second-order valence-electron chi connectivity index (χ2n) is 6.13. The Hall–Kier alpha value is -0.410. The molecule has 1 aliphatic rings. The van der Waals surface area contributed by atoms with Crippen LogP contribution >= 0.6 is 35.3 Å². The Bertz CT molecular complexity index is 475. The first-order chi connectivity index (χ1) is 10.6. The first-order valence-electron chi connectivity index (χ1n) is 8.18. The van der Waals surface area contributed by atoms with Gasteiger partial charge in [0.2, 0.25) is 0 Å². The molecule has 132 valence electrons. The van der Waals surface area contributed by atoms with Gasteiger partial charge < -0.3 is 15.5 Å². The minimum absolute atomic E-state index is 0. The predicted molar refractivity (Wildman–Crippen MR) is 110 cm³/mol. The van der Waals surface area contributed by atoms with Crippen LogP contribution in [0.15, 0.2) is 4.99 Å². The zero-order valence-corrected chi connectivity index (χ0v) is 17.8. The Kier molecular flexibility index (Phi) is 9.38. The summed E-state index contributed by atoms with van der Waals surface area (Å²) in [6, 6.07) is 0. The number of rotatable bonds is 5. The van der Waals surface area contributed by atoms with E-state index < -0.39 is 0 Å². The van der Waals surface area contributed by atoms with Gasteiger partial charge in [-0.1, -0.05) is 6.92 Å². The van der Waals surface area contributed by atoms with Crippen LogP contribution in [0.4, 0.5) is 0 Å². The van der Waals surface area contributed by atoms with Crippen molar-refractivity contribution in [3.05, 3.63) is 15.6 Å². The van der Waals surface area contributed by atoms with Crippen LogP contribution in [-0.4, -0.2) is 49.1 Å². The molecule has 0 spiro atoms. The third-order valence-electron chi connectivity index (χ3n) is 4.30. The van der Waals surface area contributed by atoms with Gasteiger partial charge in [0, 0.05) is 25.0 Å². The molecule has 0 aliphatic carbocycles. The summed E-state index contributed by atoms with van der Waals surface area (Å²) in [4.78, 5) is 12.6. The summed E-state index contributed by atoms with van der Waals surface area (Å²) in [7, 11) is 1.82. The van der Waals surface area contributed by atoms with Crippen LogP contribution in [0.3, 0.4) is 0 Å². The molecule has 1 aromatic heterocycles. The summed E-state index contributed by atoms with van der Waals surface area (Å²) in [5.74, 6) is 1.75. The number of nitrogens with one attached hydrogen (secondary N) is 2. The largest absolute Gasteiger partial charge is 0.355 e. The summed E-state index contributed by atoms with van der Waals surface area (Å²) >= 11 is 1.75. The molecule has 0 aromatic carbocycles. The Morgan fingerprint density at radius 1 is 1.30 bits per heavy atom. The Morgan fingerprint density at radius 2 is 2.00 bits per heavy atom. The van der Waals surface area contributed by atoms with Crippen molar-refractivity contribution in [1.29, 1.82) is 0 Å². The molecule has 0 saturated carbocycles. The van der Waals surface area contributed by atoms with E-state index in [0.29, 0.717) is 0 Å². The fourth-order valence-electron chi connectivity index (χ4n) is 2.61. The molecule has 0 atom stereocenters. The van der Waals surface area contributed by atoms with Crippen LogP contribution < -0.4 is 10.6 Å². The Labute approximate surface area is 161 Å². The average Bonchev–Trinajstić information content (AvgIpc) is 2.83. The van der Waals surface area contributed by atoms with Crippen molar-refractivity contribution in [3.8, 4) is 0 Å². The number of hydrogen-bond acceptors (Lipinski definition) is 4. The number of guanidine groups is 1. The number of halogens is 1. The molecule has 1 aromatic rings. The number of piperidine rings is 1. The van der Waals surface area contributed by atoms with Gasteiger partial charge in [0.1, 0.15) is 5.01 Å². The third-order valence-corrected chi connectivity index (χ3v) is 5.37. The Morgan fingerprint density at radius 3 is 2.57 bits per heavy atom. The lowest BCUT2D eigenvalue weighted by molar-refractivity contribution is 0.195. The van der Waals surface area contributed by atoms with Gasteiger partial charge in [-0.2, -0.15) is 0 Å². The number of nitrogens with zero attached hydrogens (tertiary/aromatic N) is 3. The lowest BCUT2D eigenvalue weighted by Gasteiger charge is -2.30. The van der Waals surface area contributed by atoms with Gasteiger partial charge in [0.15, 0.2) is 5.96 Å². The number of aromatic nitrogens is 1. The normalized spacial score (nSPS) is 17.0. The minimum Gasteiger partial charge on any atom is -0.355 e. The van der Waals surface area contributed by atoms with Crippen molar-refractivity contribution in [3.63, 3.8) is 0 Å². The van der Waals surface area contributed by atoms with Gasteiger partial charge in [-0.3, -0.25) is 4.99 Å². The molecular weight excluding hydrogens is 421 g/mol. The van der Waals surface area contributed by atoms with Gasteiger partial charge in [-0.15, -0.1) is 35.3 Å². The highest BCUT2D eigenvalue weighted by Gasteiger charge is 2.15. The van der Waals surface area contributed by atoms with Gasteiger partial charge in [0.05, 0.1) is 12.2 Å². The van der Waals surface area contributed by atoms with Gasteiger partial charge in [0.25, 0.3) is 0 Å². The van der Waals surface area contributed by atoms with E-state index in [2.05, 4.69) is 46.3 Å². The summed E-state index contributed by atoms with van der Waals surface area (Å²) in [6.07, 6.45) is 2.66. The molecule has 5 nitrogen and oxygen atoms in total. The van der Waals surface area contributed by atoms with Gasteiger partial charge >= 0.3 is 0 Å². The van der Waals surface area contributed by atoms with Crippen LogP contribution in [0.1, 0.15) is 35.3 Å². The Balaban J connectivity index is 0.00000264. The number of hydrogen-bond donors (Lipinski definition) is 2. The van der Waals surface area contributed by atoms with E-state index in [9.17, 15) is 0 Å². The van der Waals surface area contributed by atoms with Crippen LogP contribution in [0.2, 0.25) is 0 Å². The molecule has 0 unspecified atom stereocenters. The van der Waals surface area contributed by atoms with Crippen LogP contribution in [-0.2, 0) is 6.54 Å². The first kappa shape index (κ1) is 20.6. The van der Waals surface area contributed by atoms with Gasteiger partial charge in [-0.25, -0.2) is 4.98 Å². The molecule has 1 fully saturated rings. The van der Waals surface area contributed by atoms with Crippen molar-refractivity contribution in [2.24, 2.45) is 10.9 Å². The number of thiazole rings is 1. The highest BCUT2D eigenvalue weighted by atomic mass is 127. The van der Waals surface area contributed by atoms with Crippen LogP contribution in [0, 0.1) is 19.8 Å². The molecule has 0 radical (unpaired) electrons. The topological polar surface area (TPSA) is 52.6 Å². The zero-order valence-electron chi connectivity index (χ0n) is 14.7. The molecular formula is C16H30IN5S. The van der Waals surface area contributed by atoms with Crippen molar-refractivity contribution in [1.82, 2.24) is 20.5 Å². The molecule has 23 heavy (non-hydrogen) atoms. The summed E-state index contributed by atoms with van der Waals surface area (Å²) in [6.45, 7) is 11.7. The second kappa shape index (κ2) is 10.5. The number of aryl methyl sites for hydroxylation is 2.